The Morgan fingerprint density at radius 3 is 2.29 bits per heavy atom. The molecule has 1 aromatic carbocycles. The van der Waals surface area contributed by atoms with E-state index in [1.807, 2.05) is 52.0 Å². The molecular weight excluding hydrogens is 604 g/mol. The second-order valence-corrected chi connectivity index (χ2v) is 12.7. The van der Waals surface area contributed by atoms with Gasteiger partial charge in [0.1, 0.15) is 18.7 Å². The van der Waals surface area contributed by atoms with E-state index in [1.165, 1.54) is 4.90 Å². The number of thiazole rings is 1. The first kappa shape index (κ1) is 36.0. The maximum Gasteiger partial charge on any atom is 0.305 e. The van der Waals surface area contributed by atoms with E-state index in [0.717, 1.165) is 21.7 Å². The van der Waals surface area contributed by atoms with Gasteiger partial charge in [0, 0.05) is 19.5 Å². The summed E-state index contributed by atoms with van der Waals surface area (Å²) in [6.45, 7) is 8.26. The van der Waals surface area contributed by atoms with Crippen molar-refractivity contribution in [1.82, 2.24) is 20.5 Å². The van der Waals surface area contributed by atoms with Gasteiger partial charge in [-0.05, 0) is 23.5 Å². The minimum atomic E-state index is -0.962. The molecule has 0 aliphatic carbocycles. The Hall–Kier alpha value is -3.43. The van der Waals surface area contributed by atoms with Gasteiger partial charge in [-0.1, -0.05) is 45.0 Å². The molecule has 3 rings (SSSR count). The molecule has 3 amide bonds. The number of rotatable bonds is 17. The van der Waals surface area contributed by atoms with Crippen molar-refractivity contribution in [2.24, 2.45) is 5.41 Å². The molecule has 0 spiro atoms. The van der Waals surface area contributed by atoms with Crippen molar-refractivity contribution in [1.29, 1.82) is 0 Å². The number of hydrogen-bond donors (Lipinski definition) is 4. The van der Waals surface area contributed by atoms with Gasteiger partial charge in [-0.2, -0.15) is 0 Å². The molecule has 0 saturated carbocycles. The maximum absolute atomic E-state index is 13.7. The summed E-state index contributed by atoms with van der Waals surface area (Å²) in [5, 5.41) is 24.6. The van der Waals surface area contributed by atoms with Crippen LogP contribution in [0.1, 0.15) is 44.9 Å². The van der Waals surface area contributed by atoms with Crippen molar-refractivity contribution in [3.8, 4) is 10.4 Å². The Morgan fingerprint density at radius 2 is 1.69 bits per heavy atom. The number of aliphatic hydroxyl groups excluding tert-OH is 1. The highest BCUT2D eigenvalue weighted by Gasteiger charge is 2.44. The molecule has 0 bridgehead atoms. The van der Waals surface area contributed by atoms with Crippen molar-refractivity contribution < 1.29 is 43.6 Å². The summed E-state index contributed by atoms with van der Waals surface area (Å²) in [5.41, 5.74) is 4.01. The number of likely N-dealkylation sites (tertiary alicyclic amines) is 1. The normalized spacial score (nSPS) is 17.2. The van der Waals surface area contributed by atoms with E-state index in [-0.39, 0.29) is 71.5 Å². The molecule has 1 saturated heterocycles. The third-order valence-corrected chi connectivity index (χ3v) is 8.13. The Labute approximate surface area is 267 Å². The van der Waals surface area contributed by atoms with Crippen molar-refractivity contribution in [2.75, 3.05) is 46.2 Å². The Balaban J connectivity index is 1.48. The number of carboxylic acids is 1. The van der Waals surface area contributed by atoms with E-state index < -0.39 is 41.4 Å². The first-order valence-electron chi connectivity index (χ1n) is 14.9. The van der Waals surface area contributed by atoms with Crippen LogP contribution >= 0.6 is 11.3 Å². The lowest BCUT2D eigenvalue weighted by atomic mass is 9.85. The van der Waals surface area contributed by atoms with Gasteiger partial charge in [0.25, 0.3) is 0 Å². The summed E-state index contributed by atoms with van der Waals surface area (Å²) in [6.07, 6.45) is -0.847. The SMILES string of the molecule is Cc1ncsc1-c1ccc(CNC(=O)[C@@H]2C[C@@H](O)CN2C(=O)[C@@H](NC(=O)COCCOCCOCCC(=O)O)C(C)(C)C)cc1. The first-order chi connectivity index (χ1) is 21.4. The van der Waals surface area contributed by atoms with Gasteiger partial charge in [-0.15, -0.1) is 11.3 Å². The largest absolute Gasteiger partial charge is 0.481 e. The van der Waals surface area contributed by atoms with E-state index in [2.05, 4.69) is 15.6 Å². The molecule has 4 N–H and O–H groups in total. The van der Waals surface area contributed by atoms with E-state index in [4.69, 9.17) is 19.3 Å². The third-order valence-electron chi connectivity index (χ3n) is 7.15. The molecule has 45 heavy (non-hydrogen) atoms. The zero-order valence-electron chi connectivity index (χ0n) is 26.2. The molecule has 0 radical (unpaired) electrons. The van der Waals surface area contributed by atoms with Crippen LogP contribution in [0.3, 0.4) is 0 Å². The molecule has 2 aromatic rings. The molecule has 1 aliphatic heterocycles. The van der Waals surface area contributed by atoms with Gasteiger partial charge in [-0.25, -0.2) is 4.98 Å². The van der Waals surface area contributed by atoms with Crippen molar-refractivity contribution in [3.05, 3.63) is 41.0 Å². The number of nitrogens with one attached hydrogen (secondary N) is 2. The van der Waals surface area contributed by atoms with Crippen LogP contribution in [0.25, 0.3) is 10.4 Å². The van der Waals surface area contributed by atoms with Gasteiger partial charge in [0.15, 0.2) is 0 Å². The number of carbonyl (C=O) groups is 4. The monoisotopic (exact) mass is 648 g/mol. The number of aliphatic hydroxyl groups is 1. The summed E-state index contributed by atoms with van der Waals surface area (Å²) in [4.78, 5) is 56.8. The van der Waals surface area contributed by atoms with Crippen LogP contribution in [-0.2, 0) is 39.9 Å². The number of aromatic nitrogens is 1. The number of nitrogens with zero attached hydrogens (tertiary/aromatic N) is 2. The number of benzene rings is 1. The molecule has 14 heteroatoms. The predicted molar refractivity (Wildman–Crippen MR) is 166 cm³/mol. The van der Waals surface area contributed by atoms with Crippen LogP contribution < -0.4 is 10.6 Å². The second kappa shape index (κ2) is 17.3. The molecule has 3 atom stereocenters. The summed E-state index contributed by atoms with van der Waals surface area (Å²) in [5.74, 6) is -2.27. The number of amides is 3. The van der Waals surface area contributed by atoms with Gasteiger partial charge >= 0.3 is 5.97 Å². The predicted octanol–water partition coefficient (Wildman–Crippen LogP) is 1.75. The maximum atomic E-state index is 13.7. The molecular formula is C31H44N4O9S. The average molecular weight is 649 g/mol. The lowest BCUT2D eigenvalue weighted by Gasteiger charge is -2.35. The fraction of sp³-hybridized carbons (Fsp3) is 0.581. The number of aliphatic carboxylic acids is 1. The lowest BCUT2D eigenvalue weighted by molar-refractivity contribution is -0.144. The molecule has 0 unspecified atom stereocenters. The smallest absolute Gasteiger partial charge is 0.305 e. The number of hydrogen-bond acceptors (Lipinski definition) is 10. The number of ether oxygens (including phenoxy) is 3. The highest BCUT2D eigenvalue weighted by atomic mass is 32.1. The average Bonchev–Trinajstić information content (AvgIpc) is 3.60. The van der Waals surface area contributed by atoms with Gasteiger partial charge in [-0.3, -0.25) is 19.2 Å². The zero-order chi connectivity index (χ0) is 33.0. The van der Waals surface area contributed by atoms with Crippen LogP contribution in [0.2, 0.25) is 0 Å². The van der Waals surface area contributed by atoms with Crippen molar-refractivity contribution in [3.63, 3.8) is 0 Å². The molecule has 13 nitrogen and oxygen atoms in total. The van der Waals surface area contributed by atoms with Crippen LogP contribution in [0.15, 0.2) is 29.8 Å². The van der Waals surface area contributed by atoms with E-state index >= 15 is 0 Å². The van der Waals surface area contributed by atoms with Crippen molar-refractivity contribution >= 4 is 35.0 Å². The summed E-state index contributed by atoms with van der Waals surface area (Å²) >= 11 is 1.57. The fourth-order valence-electron chi connectivity index (χ4n) is 4.75. The molecule has 2 heterocycles. The zero-order valence-corrected chi connectivity index (χ0v) is 27.1. The quantitative estimate of drug-likeness (QED) is 0.185. The minimum Gasteiger partial charge on any atom is -0.481 e. The Morgan fingerprint density at radius 1 is 1.04 bits per heavy atom. The standard InChI is InChI=1S/C31H44N4O9S/c1-20-27(45-19-33-20)22-7-5-21(6-8-22)16-32-29(40)24-15-23(36)17-35(24)30(41)28(31(2,3)4)34-25(37)18-44-14-13-43-12-11-42-10-9-26(38)39/h5-8,19,23-24,28,36H,9-18H2,1-4H3,(H,32,40)(H,34,37)(H,38,39)/t23-,24+,28-/m1/s1. The molecule has 248 valence electrons. The van der Waals surface area contributed by atoms with E-state index in [0.29, 0.717) is 0 Å². The fourth-order valence-corrected chi connectivity index (χ4v) is 5.56. The first-order valence-corrected chi connectivity index (χ1v) is 15.7. The van der Waals surface area contributed by atoms with Crippen LogP contribution in [0.5, 0.6) is 0 Å². The number of β-amino-alcohol motifs (C(OH)–C–C–N with tert-alkyl or cyclic N) is 1. The van der Waals surface area contributed by atoms with E-state index in [9.17, 15) is 24.3 Å². The molecule has 1 fully saturated rings. The molecule has 1 aromatic heterocycles. The molecule has 1 aliphatic rings. The van der Waals surface area contributed by atoms with Crippen molar-refractivity contribution in [2.45, 2.75) is 65.3 Å². The highest BCUT2D eigenvalue weighted by Crippen LogP contribution is 2.28. The van der Waals surface area contributed by atoms with Crippen LogP contribution in [0.4, 0.5) is 0 Å². The van der Waals surface area contributed by atoms with Gasteiger partial charge in [0.05, 0.1) is 61.6 Å². The lowest BCUT2D eigenvalue weighted by Crippen LogP contribution is -2.58. The van der Waals surface area contributed by atoms with Gasteiger partial charge < -0.3 is 40.0 Å². The number of carboxylic acid groups (broad SMARTS) is 1. The van der Waals surface area contributed by atoms with Gasteiger partial charge in [0.2, 0.25) is 17.7 Å². The Bertz CT molecular complexity index is 1280. The van der Waals surface area contributed by atoms with Crippen LogP contribution in [-0.4, -0.2) is 108 Å². The second-order valence-electron chi connectivity index (χ2n) is 11.9. The summed E-state index contributed by atoms with van der Waals surface area (Å²) in [6, 6.07) is 5.98. The topological polar surface area (TPSA) is 177 Å². The minimum absolute atomic E-state index is 0.0177. The van der Waals surface area contributed by atoms with Crippen LogP contribution in [0, 0.1) is 12.3 Å². The summed E-state index contributed by atoms with van der Waals surface area (Å²) < 4.78 is 15.8. The number of aryl methyl sites for hydroxylation is 1. The van der Waals surface area contributed by atoms with E-state index in [1.54, 1.807) is 16.8 Å². The number of carbonyl (C=O) groups excluding carboxylic acids is 3. The highest BCUT2D eigenvalue weighted by molar-refractivity contribution is 7.13. The summed E-state index contributed by atoms with van der Waals surface area (Å²) in [7, 11) is 0. The Kier molecular flexibility index (Phi) is 13.9. The third kappa shape index (κ3) is 11.5.